The molecule has 7 aromatic rings. The molecule has 5 aliphatic heterocycles. The molecule has 1 unspecified atom stereocenters. The molecule has 0 spiro atoms. The summed E-state index contributed by atoms with van der Waals surface area (Å²) in [5.74, 6) is 2.10. The molecule has 12 rings (SSSR count). The van der Waals surface area contributed by atoms with Gasteiger partial charge in [0, 0.05) is 67.2 Å². The lowest BCUT2D eigenvalue weighted by molar-refractivity contribution is -0.137. The van der Waals surface area contributed by atoms with Gasteiger partial charge in [-0.2, -0.15) is 0 Å². The highest BCUT2D eigenvalue weighted by Gasteiger charge is 2.42. The van der Waals surface area contributed by atoms with E-state index in [-0.39, 0.29) is 41.6 Å². The van der Waals surface area contributed by atoms with Crippen LogP contribution in [0.25, 0.3) is 56.1 Å². The number of hydrogen-bond acceptors (Lipinski definition) is 14. The summed E-state index contributed by atoms with van der Waals surface area (Å²) in [5.41, 5.74) is 6.62. The number of benzene rings is 3. The molecular formula is C55H59N11O10. The molecule has 4 N–H and O–H groups in total. The largest absolute Gasteiger partial charge is 0.460 e. The number of fused-ring (bicyclic) bond motifs is 5. The summed E-state index contributed by atoms with van der Waals surface area (Å²) in [7, 11) is 2.60. The zero-order valence-corrected chi connectivity index (χ0v) is 42.2. The van der Waals surface area contributed by atoms with Crippen molar-refractivity contribution in [3.63, 3.8) is 0 Å². The number of aromatic nitrogens is 7. The van der Waals surface area contributed by atoms with Crippen molar-refractivity contribution in [2.75, 3.05) is 53.7 Å². The van der Waals surface area contributed by atoms with E-state index in [1.807, 2.05) is 70.5 Å². The molecule has 5 aliphatic rings. The van der Waals surface area contributed by atoms with Gasteiger partial charge in [-0.15, -0.1) is 10.2 Å². The van der Waals surface area contributed by atoms with E-state index in [9.17, 15) is 19.2 Å². The van der Waals surface area contributed by atoms with Crippen LogP contribution in [0.15, 0.2) is 89.6 Å². The molecule has 76 heavy (non-hydrogen) atoms. The topological polar surface area (TPSA) is 246 Å². The highest BCUT2D eigenvalue weighted by Crippen LogP contribution is 2.46. The minimum Gasteiger partial charge on any atom is -0.460 e. The van der Waals surface area contributed by atoms with Gasteiger partial charge in [-0.1, -0.05) is 30.3 Å². The van der Waals surface area contributed by atoms with E-state index >= 15 is 0 Å². The van der Waals surface area contributed by atoms with E-state index in [1.54, 1.807) is 12.4 Å². The molecule has 0 saturated carbocycles. The summed E-state index contributed by atoms with van der Waals surface area (Å²) in [4.78, 5) is 73.9. The third kappa shape index (κ3) is 9.30. The standard InChI is InChI=1S/C55H59N11O10/c1-71-54(69)60-45(31-16-22-73-23-17-31)51(67)64-20-6-10-41(64)47-56-29-38(58-47)34-13-15-40-36(26-34)27-43-37-14-12-35(28-44(37)75-53(66(40)43)50-63-62-49(76-50)33-8-4-3-5-9-33)39-30-57-48(59-39)42-11-7-21-65(42)52(68)46(61-55(70)72-2)32-18-24-74-25-19-32/h3-5,8-9,12-15,26-32,41-42,45-46,53H,6-7,10-11,16-25H2,1-2H3,(H,56,58)(H,57,59)(H,60,69)(H,61,70)/t41-,42-,45-,46-,53?/m0/s1. The first-order valence-electron chi connectivity index (χ1n) is 26.1. The van der Waals surface area contributed by atoms with Gasteiger partial charge in [0.05, 0.1) is 61.3 Å². The number of likely N-dealkylation sites (tertiary alicyclic amines) is 2. The Hall–Kier alpha value is -8.04. The van der Waals surface area contributed by atoms with Crippen molar-refractivity contribution in [1.82, 2.24) is 55.1 Å². The summed E-state index contributed by atoms with van der Waals surface area (Å²) >= 11 is 0. The maximum Gasteiger partial charge on any atom is 0.407 e. The van der Waals surface area contributed by atoms with Gasteiger partial charge in [-0.3, -0.25) is 14.2 Å². The van der Waals surface area contributed by atoms with Crippen LogP contribution in [0, 0.1) is 11.8 Å². The van der Waals surface area contributed by atoms with Crippen molar-refractivity contribution in [2.24, 2.45) is 11.8 Å². The Morgan fingerprint density at radius 3 is 1.80 bits per heavy atom. The third-order valence-corrected chi connectivity index (χ3v) is 15.7. The van der Waals surface area contributed by atoms with Gasteiger partial charge in [-0.25, -0.2) is 19.6 Å². The van der Waals surface area contributed by atoms with Crippen molar-refractivity contribution < 1.29 is 47.3 Å². The second-order valence-electron chi connectivity index (χ2n) is 20.0. The van der Waals surface area contributed by atoms with E-state index in [0.717, 1.165) is 69.5 Å². The number of H-pyrrole nitrogens is 2. The van der Waals surface area contributed by atoms with Crippen LogP contribution < -0.4 is 15.4 Å². The van der Waals surface area contributed by atoms with Gasteiger partial charge in [0.1, 0.15) is 29.5 Å². The molecule has 3 aromatic carbocycles. The lowest BCUT2D eigenvalue weighted by atomic mass is 9.90. The Kier molecular flexibility index (Phi) is 13.5. The summed E-state index contributed by atoms with van der Waals surface area (Å²) in [6.07, 6.45) is 7.13. The molecule has 21 heteroatoms. The fraction of sp³-hybridized carbons (Fsp3) is 0.418. The second kappa shape index (κ2) is 20.9. The smallest absolute Gasteiger partial charge is 0.407 e. The predicted octanol–water partition coefficient (Wildman–Crippen LogP) is 7.71. The van der Waals surface area contributed by atoms with Crippen molar-refractivity contribution in [3.8, 4) is 51.0 Å². The number of ether oxygens (including phenoxy) is 5. The molecule has 4 amide bonds. The molecule has 21 nitrogen and oxygen atoms in total. The number of rotatable bonds is 12. The molecular weight excluding hydrogens is 975 g/mol. The number of hydrogen-bond donors (Lipinski definition) is 4. The Labute approximate surface area is 437 Å². The molecule has 4 saturated heterocycles. The van der Waals surface area contributed by atoms with Gasteiger partial charge in [0.2, 0.25) is 17.7 Å². The van der Waals surface area contributed by atoms with Gasteiger partial charge in [-0.05, 0) is 106 Å². The van der Waals surface area contributed by atoms with Crippen LogP contribution in [0.3, 0.4) is 0 Å². The first-order valence-corrected chi connectivity index (χ1v) is 26.1. The van der Waals surface area contributed by atoms with Crippen LogP contribution in [-0.2, 0) is 28.5 Å². The monoisotopic (exact) mass is 1030 g/mol. The van der Waals surface area contributed by atoms with E-state index < -0.39 is 30.5 Å². The normalized spacial score (nSPS) is 20.6. The molecule has 0 aliphatic carbocycles. The van der Waals surface area contributed by atoms with Gasteiger partial charge >= 0.3 is 12.2 Å². The van der Waals surface area contributed by atoms with Crippen molar-refractivity contribution in [1.29, 1.82) is 0 Å². The molecule has 4 aromatic heterocycles. The fourth-order valence-electron chi connectivity index (χ4n) is 11.8. The molecule has 0 bridgehead atoms. The van der Waals surface area contributed by atoms with Crippen LogP contribution in [-0.4, -0.2) is 134 Å². The van der Waals surface area contributed by atoms with Crippen LogP contribution in [0.1, 0.15) is 87.2 Å². The van der Waals surface area contributed by atoms with Crippen LogP contribution in [0.2, 0.25) is 0 Å². The minimum atomic E-state index is -0.841. The van der Waals surface area contributed by atoms with Crippen LogP contribution in [0.4, 0.5) is 9.59 Å². The molecule has 9 heterocycles. The van der Waals surface area contributed by atoms with Crippen molar-refractivity contribution in [2.45, 2.75) is 81.8 Å². The quantitative estimate of drug-likeness (QED) is 0.0916. The second-order valence-corrected chi connectivity index (χ2v) is 20.0. The highest BCUT2D eigenvalue weighted by atomic mass is 16.5. The van der Waals surface area contributed by atoms with Crippen molar-refractivity contribution in [3.05, 3.63) is 103 Å². The first kappa shape index (κ1) is 48.9. The van der Waals surface area contributed by atoms with Crippen LogP contribution >= 0.6 is 0 Å². The number of nitrogens with zero attached hydrogens (tertiary/aromatic N) is 7. The molecule has 5 atom stereocenters. The number of alkyl carbamates (subject to hydrolysis) is 2. The van der Waals surface area contributed by atoms with Crippen molar-refractivity contribution >= 4 is 34.9 Å². The Bertz CT molecular complexity index is 3260. The van der Waals surface area contributed by atoms with Crippen LogP contribution in [0.5, 0.6) is 5.75 Å². The van der Waals surface area contributed by atoms with Gasteiger partial charge < -0.3 is 58.5 Å². The molecule has 394 valence electrons. The van der Waals surface area contributed by atoms with E-state index in [4.69, 9.17) is 38.1 Å². The zero-order chi connectivity index (χ0) is 51.9. The predicted molar refractivity (Wildman–Crippen MR) is 274 cm³/mol. The third-order valence-electron chi connectivity index (χ3n) is 15.7. The SMILES string of the molecule is COC(=O)N[C@H](C(=O)N1CCC[C@H]1c1ncc(-c2ccc3c(c2)OC(c2nnc(-c4ccccc4)o2)n2c-3cc3cc(-c4cnc([C@@H]5CCCN5C(=O)[C@@H](NC(=O)OC)C5CCOCC5)[nH]4)ccc32)[nH]1)C1CCOCC1. The Morgan fingerprint density at radius 2 is 1.22 bits per heavy atom. The molecule has 0 radical (unpaired) electrons. The Morgan fingerprint density at radius 1 is 0.658 bits per heavy atom. The number of carbonyl (C=O) groups excluding carboxylic acids is 4. The number of aromatic amines is 2. The zero-order valence-electron chi connectivity index (χ0n) is 42.2. The average Bonchev–Trinajstić information content (AvgIpc) is 4.41. The number of carbonyl (C=O) groups is 4. The highest BCUT2D eigenvalue weighted by molar-refractivity contribution is 5.93. The summed E-state index contributed by atoms with van der Waals surface area (Å²) < 4.78 is 36.4. The first-order chi connectivity index (χ1) is 37.2. The molecule has 4 fully saturated rings. The number of imidazole rings is 2. The minimum absolute atomic E-state index is 0.0715. The van der Waals surface area contributed by atoms with Gasteiger partial charge in [0.15, 0.2) is 0 Å². The fourth-order valence-corrected chi connectivity index (χ4v) is 11.8. The summed E-state index contributed by atoms with van der Waals surface area (Å²) in [6.45, 7) is 3.20. The van der Waals surface area contributed by atoms with Gasteiger partial charge in [0.25, 0.3) is 12.1 Å². The number of nitrogens with one attached hydrogen (secondary N) is 4. The summed E-state index contributed by atoms with van der Waals surface area (Å²) in [6, 6.07) is 21.8. The lowest BCUT2D eigenvalue weighted by Gasteiger charge is -2.34. The van der Waals surface area contributed by atoms with E-state index in [1.165, 1.54) is 14.2 Å². The summed E-state index contributed by atoms with van der Waals surface area (Å²) in [5, 5.41) is 15.6. The maximum atomic E-state index is 14.3. The lowest BCUT2D eigenvalue weighted by Crippen LogP contribution is -2.53. The number of amides is 4. The number of methoxy groups -OCH3 is 2. The maximum absolute atomic E-state index is 14.3. The van der Waals surface area contributed by atoms with E-state index in [2.05, 4.69) is 47.5 Å². The van der Waals surface area contributed by atoms with E-state index in [0.29, 0.717) is 94.9 Å². The average molecular weight is 1030 g/mol. The Balaban J connectivity index is 0.842.